The fourth-order valence-electron chi connectivity index (χ4n) is 0.976. The number of methoxy groups -OCH3 is 1. The van der Waals surface area contributed by atoms with Crippen LogP contribution in [0.2, 0.25) is 5.02 Å². The number of ether oxygens (including phenoxy) is 2. The minimum Gasteiger partial charge on any atom is -0.463 e. The first-order valence-corrected chi connectivity index (χ1v) is 6.60. The van der Waals surface area contributed by atoms with Gasteiger partial charge in [0.25, 0.3) is 9.05 Å². The fourth-order valence-corrected chi connectivity index (χ4v) is 2.23. The summed E-state index contributed by atoms with van der Waals surface area (Å²) in [5, 5.41) is -0.0958. The van der Waals surface area contributed by atoms with E-state index in [9.17, 15) is 12.8 Å². The molecule has 16 heavy (non-hydrogen) atoms. The number of benzene rings is 1. The molecule has 1 rings (SSSR count). The Kier molecular flexibility index (Phi) is 4.37. The maximum absolute atomic E-state index is 13.4. The van der Waals surface area contributed by atoms with Crippen molar-refractivity contribution in [3.63, 3.8) is 0 Å². The zero-order valence-electron chi connectivity index (χ0n) is 8.04. The van der Waals surface area contributed by atoms with Crippen LogP contribution in [0, 0.1) is 5.82 Å². The molecule has 0 radical (unpaired) electrons. The fraction of sp³-hybridized carbons (Fsp3) is 0.250. The van der Waals surface area contributed by atoms with Crippen molar-refractivity contribution < 1.29 is 22.3 Å². The number of halogens is 3. The molecule has 0 spiro atoms. The predicted molar refractivity (Wildman–Crippen MR) is 57.0 cm³/mol. The van der Waals surface area contributed by atoms with Crippen molar-refractivity contribution in [2.24, 2.45) is 0 Å². The molecule has 4 nitrogen and oxygen atoms in total. The van der Waals surface area contributed by atoms with Crippen molar-refractivity contribution >= 4 is 31.3 Å². The Hall–Kier alpha value is -0.560. The summed E-state index contributed by atoms with van der Waals surface area (Å²) in [5.41, 5.74) is 0. The van der Waals surface area contributed by atoms with Gasteiger partial charge in [-0.3, -0.25) is 0 Å². The van der Waals surface area contributed by atoms with Gasteiger partial charge in [0.15, 0.2) is 18.4 Å². The van der Waals surface area contributed by atoms with Crippen LogP contribution in [0.15, 0.2) is 17.0 Å². The third kappa shape index (κ3) is 3.21. The smallest absolute Gasteiger partial charge is 0.265 e. The van der Waals surface area contributed by atoms with Crippen LogP contribution in [0.5, 0.6) is 5.75 Å². The SMILES string of the molecule is COCOc1c(F)cc(Cl)cc1S(=O)(=O)Cl. The van der Waals surface area contributed by atoms with Gasteiger partial charge in [-0.1, -0.05) is 11.6 Å². The van der Waals surface area contributed by atoms with E-state index in [0.717, 1.165) is 12.1 Å². The molecule has 0 saturated carbocycles. The van der Waals surface area contributed by atoms with E-state index >= 15 is 0 Å². The van der Waals surface area contributed by atoms with E-state index in [0.29, 0.717) is 0 Å². The lowest BCUT2D eigenvalue weighted by Crippen LogP contribution is -2.05. The third-order valence-corrected chi connectivity index (χ3v) is 3.10. The first-order valence-electron chi connectivity index (χ1n) is 3.91. The van der Waals surface area contributed by atoms with Crippen LogP contribution >= 0.6 is 22.3 Å². The Morgan fingerprint density at radius 3 is 2.56 bits per heavy atom. The van der Waals surface area contributed by atoms with Crippen molar-refractivity contribution in [2.45, 2.75) is 4.90 Å². The second-order valence-electron chi connectivity index (χ2n) is 2.70. The van der Waals surface area contributed by atoms with Gasteiger partial charge in [0.05, 0.1) is 0 Å². The number of rotatable bonds is 4. The maximum Gasteiger partial charge on any atom is 0.265 e. The first-order chi connectivity index (χ1) is 7.36. The van der Waals surface area contributed by atoms with Crippen LogP contribution in [0.25, 0.3) is 0 Å². The summed E-state index contributed by atoms with van der Waals surface area (Å²) in [6.07, 6.45) is 0. The van der Waals surface area contributed by atoms with Gasteiger partial charge >= 0.3 is 0 Å². The van der Waals surface area contributed by atoms with Gasteiger partial charge in [0, 0.05) is 22.8 Å². The van der Waals surface area contributed by atoms with Gasteiger partial charge in [-0.2, -0.15) is 0 Å². The lowest BCUT2D eigenvalue weighted by molar-refractivity contribution is 0.0460. The van der Waals surface area contributed by atoms with E-state index in [4.69, 9.17) is 27.0 Å². The highest BCUT2D eigenvalue weighted by atomic mass is 35.7. The summed E-state index contributed by atoms with van der Waals surface area (Å²) >= 11 is 5.51. The zero-order valence-corrected chi connectivity index (χ0v) is 10.4. The topological polar surface area (TPSA) is 52.6 Å². The van der Waals surface area contributed by atoms with Crippen LogP contribution in [0.1, 0.15) is 0 Å². The summed E-state index contributed by atoms with van der Waals surface area (Å²) in [6, 6.07) is 1.91. The van der Waals surface area contributed by atoms with Crippen molar-refractivity contribution in [1.82, 2.24) is 0 Å². The Morgan fingerprint density at radius 2 is 2.06 bits per heavy atom. The predicted octanol–water partition coefficient (Wildman–Crippen LogP) is 2.39. The van der Waals surface area contributed by atoms with E-state index in [1.54, 1.807) is 0 Å². The van der Waals surface area contributed by atoms with Crippen LogP contribution in [0.3, 0.4) is 0 Å². The highest BCUT2D eigenvalue weighted by Gasteiger charge is 2.21. The molecule has 0 aliphatic rings. The summed E-state index contributed by atoms with van der Waals surface area (Å²) in [5.74, 6) is -1.44. The lowest BCUT2D eigenvalue weighted by Gasteiger charge is -2.09. The average Bonchev–Trinajstić information content (AvgIpc) is 2.14. The molecule has 0 amide bonds. The summed E-state index contributed by atoms with van der Waals surface area (Å²) < 4.78 is 45.0. The molecule has 1 aromatic carbocycles. The maximum atomic E-state index is 13.4. The van der Waals surface area contributed by atoms with Gasteiger partial charge < -0.3 is 9.47 Å². The van der Waals surface area contributed by atoms with E-state index in [1.807, 2.05) is 0 Å². The zero-order chi connectivity index (χ0) is 12.3. The standard InChI is InChI=1S/C8H7Cl2FO4S/c1-14-4-15-8-6(11)2-5(9)3-7(8)16(10,12)13/h2-3H,4H2,1H3. The highest BCUT2D eigenvalue weighted by Crippen LogP contribution is 2.32. The molecule has 0 aliphatic heterocycles. The van der Waals surface area contributed by atoms with Gasteiger partial charge in [0.1, 0.15) is 4.90 Å². The Morgan fingerprint density at radius 1 is 1.44 bits per heavy atom. The van der Waals surface area contributed by atoms with E-state index in [1.165, 1.54) is 7.11 Å². The Labute approximate surface area is 101 Å². The average molecular weight is 289 g/mol. The molecule has 90 valence electrons. The molecule has 0 unspecified atom stereocenters. The van der Waals surface area contributed by atoms with Crippen molar-refractivity contribution in [2.75, 3.05) is 13.9 Å². The Bertz CT molecular complexity index is 489. The van der Waals surface area contributed by atoms with E-state index in [-0.39, 0.29) is 11.8 Å². The summed E-state index contributed by atoms with van der Waals surface area (Å²) in [7, 11) is 2.28. The molecule has 0 fully saturated rings. The lowest BCUT2D eigenvalue weighted by atomic mass is 10.3. The van der Waals surface area contributed by atoms with E-state index in [2.05, 4.69) is 4.74 Å². The van der Waals surface area contributed by atoms with Crippen LogP contribution in [-0.2, 0) is 13.8 Å². The molecular weight excluding hydrogens is 282 g/mol. The second-order valence-corrected chi connectivity index (χ2v) is 5.67. The molecule has 8 heteroatoms. The minimum absolute atomic E-state index is 0.0958. The van der Waals surface area contributed by atoms with Crippen molar-refractivity contribution in [3.05, 3.63) is 23.0 Å². The van der Waals surface area contributed by atoms with E-state index < -0.39 is 25.5 Å². The first kappa shape index (κ1) is 13.5. The minimum atomic E-state index is -4.14. The normalized spacial score (nSPS) is 11.5. The van der Waals surface area contributed by atoms with Gasteiger partial charge in [0.2, 0.25) is 0 Å². The quantitative estimate of drug-likeness (QED) is 0.631. The van der Waals surface area contributed by atoms with Crippen molar-refractivity contribution in [1.29, 1.82) is 0 Å². The van der Waals surface area contributed by atoms with Crippen LogP contribution in [0.4, 0.5) is 4.39 Å². The molecule has 0 atom stereocenters. The molecule has 1 aromatic rings. The monoisotopic (exact) mass is 288 g/mol. The second kappa shape index (κ2) is 5.18. The number of hydrogen-bond donors (Lipinski definition) is 0. The number of hydrogen-bond acceptors (Lipinski definition) is 4. The molecule has 0 N–H and O–H groups in total. The molecule has 0 bridgehead atoms. The summed E-state index contributed by atoms with van der Waals surface area (Å²) in [6.45, 7) is -0.308. The molecule has 0 aromatic heterocycles. The molecule has 0 aliphatic carbocycles. The van der Waals surface area contributed by atoms with Crippen LogP contribution < -0.4 is 4.74 Å². The van der Waals surface area contributed by atoms with Crippen molar-refractivity contribution in [3.8, 4) is 5.75 Å². The molecule has 0 saturated heterocycles. The Balaban J connectivity index is 3.33. The van der Waals surface area contributed by atoms with Gasteiger partial charge in [-0.05, 0) is 12.1 Å². The largest absolute Gasteiger partial charge is 0.463 e. The molecular formula is C8H7Cl2FO4S. The van der Waals surface area contributed by atoms with Gasteiger partial charge in [-0.15, -0.1) is 0 Å². The molecule has 0 heterocycles. The highest BCUT2D eigenvalue weighted by molar-refractivity contribution is 8.13. The summed E-state index contributed by atoms with van der Waals surface area (Å²) in [4.78, 5) is -0.531. The van der Waals surface area contributed by atoms with Gasteiger partial charge in [-0.25, -0.2) is 12.8 Å². The van der Waals surface area contributed by atoms with Crippen LogP contribution in [-0.4, -0.2) is 22.3 Å². The third-order valence-electron chi connectivity index (χ3n) is 1.56.